The van der Waals surface area contributed by atoms with E-state index in [4.69, 9.17) is 4.74 Å². The molecule has 106 valence electrons. The first-order chi connectivity index (χ1) is 9.61. The highest BCUT2D eigenvalue weighted by Gasteiger charge is 2.14. The fourth-order valence-electron chi connectivity index (χ4n) is 1.67. The van der Waals surface area contributed by atoms with Gasteiger partial charge in [0.15, 0.2) is 0 Å². The number of ether oxygens (including phenoxy) is 1. The van der Waals surface area contributed by atoms with Gasteiger partial charge in [0, 0.05) is 12.6 Å². The van der Waals surface area contributed by atoms with Crippen LogP contribution in [0.2, 0.25) is 0 Å². The summed E-state index contributed by atoms with van der Waals surface area (Å²) in [7, 11) is 1.42. The predicted octanol–water partition coefficient (Wildman–Crippen LogP) is 2.36. The molecule has 0 saturated heterocycles. The van der Waals surface area contributed by atoms with Crippen LogP contribution >= 0.6 is 11.3 Å². The van der Waals surface area contributed by atoms with Gasteiger partial charge in [-0.1, -0.05) is 0 Å². The van der Waals surface area contributed by atoms with Crippen molar-refractivity contribution in [1.82, 2.24) is 5.32 Å². The first-order valence-corrected chi connectivity index (χ1v) is 6.88. The Morgan fingerprint density at radius 1 is 1.50 bits per heavy atom. The maximum Gasteiger partial charge on any atom is 0.254 e. The number of aliphatic hydroxyl groups is 1. The molecule has 0 aliphatic heterocycles. The van der Waals surface area contributed by atoms with Crippen LogP contribution in [0.5, 0.6) is 5.75 Å². The lowest BCUT2D eigenvalue weighted by Crippen LogP contribution is -2.28. The minimum absolute atomic E-state index is 0.0288. The van der Waals surface area contributed by atoms with E-state index in [9.17, 15) is 14.3 Å². The number of aliphatic hydroxyl groups excluding tert-OH is 1. The number of benzene rings is 1. The Kier molecular flexibility index (Phi) is 4.70. The van der Waals surface area contributed by atoms with Crippen molar-refractivity contribution in [2.75, 3.05) is 13.7 Å². The zero-order chi connectivity index (χ0) is 14.5. The molecule has 1 heterocycles. The molecule has 4 nitrogen and oxygen atoms in total. The van der Waals surface area contributed by atoms with Crippen molar-refractivity contribution < 1.29 is 19.0 Å². The zero-order valence-electron chi connectivity index (χ0n) is 10.8. The van der Waals surface area contributed by atoms with E-state index in [0.29, 0.717) is 5.75 Å². The van der Waals surface area contributed by atoms with Gasteiger partial charge in [0.25, 0.3) is 5.91 Å². The summed E-state index contributed by atoms with van der Waals surface area (Å²) in [4.78, 5) is 11.8. The molecule has 2 rings (SSSR count). The van der Waals surface area contributed by atoms with Crippen molar-refractivity contribution in [1.29, 1.82) is 0 Å². The quantitative estimate of drug-likeness (QED) is 0.890. The van der Waals surface area contributed by atoms with Gasteiger partial charge in [0.2, 0.25) is 0 Å². The van der Waals surface area contributed by atoms with Gasteiger partial charge in [-0.15, -0.1) is 0 Å². The van der Waals surface area contributed by atoms with E-state index in [1.54, 1.807) is 11.4 Å². The lowest BCUT2D eigenvalue weighted by Gasteiger charge is -2.11. The predicted molar refractivity (Wildman–Crippen MR) is 74.6 cm³/mol. The Hall–Kier alpha value is -1.92. The number of halogens is 1. The Morgan fingerprint density at radius 3 is 2.90 bits per heavy atom. The summed E-state index contributed by atoms with van der Waals surface area (Å²) >= 11 is 1.46. The van der Waals surface area contributed by atoms with Crippen LogP contribution in [0.1, 0.15) is 22.0 Å². The number of nitrogens with one attached hydrogen (secondary N) is 1. The Bertz CT molecular complexity index is 586. The molecule has 1 atom stereocenters. The number of amides is 1. The van der Waals surface area contributed by atoms with E-state index in [0.717, 1.165) is 11.6 Å². The van der Waals surface area contributed by atoms with Crippen molar-refractivity contribution in [3.63, 3.8) is 0 Å². The fourth-order valence-corrected chi connectivity index (χ4v) is 2.38. The number of thiophene rings is 1. The zero-order valence-corrected chi connectivity index (χ0v) is 11.6. The van der Waals surface area contributed by atoms with Crippen molar-refractivity contribution in [3.8, 4) is 5.75 Å². The number of hydrogen-bond acceptors (Lipinski definition) is 4. The van der Waals surface area contributed by atoms with Gasteiger partial charge in [-0.2, -0.15) is 11.3 Å². The summed E-state index contributed by atoms with van der Waals surface area (Å²) < 4.78 is 18.6. The molecular weight excluding hydrogens is 281 g/mol. The highest BCUT2D eigenvalue weighted by atomic mass is 32.1. The number of hydrogen-bond donors (Lipinski definition) is 2. The van der Waals surface area contributed by atoms with Crippen molar-refractivity contribution in [2.45, 2.75) is 6.10 Å². The number of rotatable bonds is 5. The molecule has 1 aromatic heterocycles. The van der Waals surface area contributed by atoms with Crippen LogP contribution < -0.4 is 10.1 Å². The smallest absolute Gasteiger partial charge is 0.254 e. The van der Waals surface area contributed by atoms with Gasteiger partial charge >= 0.3 is 0 Å². The van der Waals surface area contributed by atoms with Crippen LogP contribution in [0.25, 0.3) is 0 Å². The third kappa shape index (κ3) is 3.34. The summed E-state index contributed by atoms with van der Waals surface area (Å²) in [6.45, 7) is 0.0288. The molecule has 2 N–H and O–H groups in total. The van der Waals surface area contributed by atoms with E-state index < -0.39 is 17.8 Å². The van der Waals surface area contributed by atoms with E-state index in [-0.39, 0.29) is 12.1 Å². The van der Waals surface area contributed by atoms with Crippen molar-refractivity contribution >= 4 is 17.2 Å². The van der Waals surface area contributed by atoms with Gasteiger partial charge in [-0.25, -0.2) is 4.39 Å². The summed E-state index contributed by atoms with van der Waals surface area (Å²) in [6.07, 6.45) is -0.800. The van der Waals surface area contributed by atoms with E-state index in [1.807, 2.05) is 5.38 Å². The van der Waals surface area contributed by atoms with Gasteiger partial charge in [0.1, 0.15) is 11.6 Å². The summed E-state index contributed by atoms with van der Waals surface area (Å²) in [5.41, 5.74) is 0.647. The standard InChI is InChI=1S/C14H14FNO3S/c1-19-10-2-3-11(12(15)6-10)14(18)16-7-13(17)9-4-5-20-8-9/h2-6,8,13,17H,7H2,1H3,(H,16,18). The molecule has 0 fully saturated rings. The Labute approximate surface area is 119 Å². The molecule has 0 aliphatic rings. The topological polar surface area (TPSA) is 58.6 Å². The third-order valence-electron chi connectivity index (χ3n) is 2.80. The number of carbonyl (C=O) groups is 1. The average molecular weight is 295 g/mol. The maximum atomic E-state index is 13.7. The minimum Gasteiger partial charge on any atom is -0.497 e. The van der Waals surface area contributed by atoms with Crippen LogP contribution in [0, 0.1) is 5.82 Å². The van der Waals surface area contributed by atoms with E-state index in [1.165, 1.54) is 30.6 Å². The highest BCUT2D eigenvalue weighted by molar-refractivity contribution is 7.07. The molecule has 0 aliphatic carbocycles. The molecule has 1 aromatic carbocycles. The van der Waals surface area contributed by atoms with Gasteiger partial charge in [0.05, 0.1) is 18.8 Å². The molecular formula is C14H14FNO3S. The van der Waals surface area contributed by atoms with Crippen LogP contribution in [-0.2, 0) is 0 Å². The molecule has 6 heteroatoms. The largest absolute Gasteiger partial charge is 0.497 e. The first kappa shape index (κ1) is 14.5. The van der Waals surface area contributed by atoms with Crippen LogP contribution in [0.3, 0.4) is 0 Å². The molecule has 0 bridgehead atoms. The molecule has 0 radical (unpaired) electrons. The normalized spacial score (nSPS) is 11.9. The minimum atomic E-state index is -0.800. The number of methoxy groups -OCH3 is 1. The van der Waals surface area contributed by atoms with Crippen LogP contribution in [0.15, 0.2) is 35.0 Å². The number of carbonyl (C=O) groups excluding carboxylic acids is 1. The molecule has 0 saturated carbocycles. The second kappa shape index (κ2) is 6.49. The highest BCUT2D eigenvalue weighted by Crippen LogP contribution is 2.17. The molecule has 0 spiro atoms. The molecule has 1 amide bonds. The van der Waals surface area contributed by atoms with Gasteiger partial charge in [-0.3, -0.25) is 4.79 Å². The third-order valence-corrected chi connectivity index (χ3v) is 3.51. The molecule has 2 aromatic rings. The van der Waals surface area contributed by atoms with Crippen LogP contribution in [0.4, 0.5) is 4.39 Å². The first-order valence-electron chi connectivity index (χ1n) is 5.93. The van der Waals surface area contributed by atoms with E-state index >= 15 is 0 Å². The van der Waals surface area contributed by atoms with Crippen LogP contribution in [-0.4, -0.2) is 24.7 Å². The average Bonchev–Trinajstić information content (AvgIpc) is 2.98. The van der Waals surface area contributed by atoms with E-state index in [2.05, 4.69) is 5.32 Å². The molecule has 20 heavy (non-hydrogen) atoms. The Morgan fingerprint density at radius 2 is 2.30 bits per heavy atom. The van der Waals surface area contributed by atoms with Crippen molar-refractivity contribution in [2.24, 2.45) is 0 Å². The fraction of sp³-hybridized carbons (Fsp3) is 0.214. The summed E-state index contributed by atoms with van der Waals surface area (Å²) in [6, 6.07) is 5.77. The van der Waals surface area contributed by atoms with Gasteiger partial charge < -0.3 is 15.2 Å². The lowest BCUT2D eigenvalue weighted by atomic mass is 10.1. The Balaban J connectivity index is 1.98. The second-order valence-corrected chi connectivity index (χ2v) is 4.91. The summed E-state index contributed by atoms with van der Waals surface area (Å²) in [5.74, 6) is -0.885. The summed E-state index contributed by atoms with van der Waals surface area (Å²) in [5, 5.41) is 16.0. The lowest BCUT2D eigenvalue weighted by molar-refractivity contribution is 0.0912. The second-order valence-electron chi connectivity index (χ2n) is 4.13. The molecule has 1 unspecified atom stereocenters. The van der Waals surface area contributed by atoms with Crippen molar-refractivity contribution in [3.05, 3.63) is 52.0 Å². The van der Waals surface area contributed by atoms with Gasteiger partial charge in [-0.05, 0) is 34.5 Å². The monoisotopic (exact) mass is 295 g/mol. The maximum absolute atomic E-state index is 13.7. The SMILES string of the molecule is COc1ccc(C(=O)NCC(O)c2ccsc2)c(F)c1.